The molecule has 1 saturated heterocycles. The molecule has 2 aliphatic rings. The highest BCUT2D eigenvalue weighted by atomic mass is 15.2. The van der Waals surface area contributed by atoms with Crippen molar-refractivity contribution in [1.82, 2.24) is 5.32 Å². The molecule has 1 saturated carbocycles. The highest BCUT2D eigenvalue weighted by molar-refractivity contribution is 5.46. The number of hydrogen-bond acceptors (Lipinski definition) is 2. The fourth-order valence-electron chi connectivity index (χ4n) is 3.38. The van der Waals surface area contributed by atoms with E-state index >= 15 is 0 Å². The molecule has 3 rings (SSSR count). The van der Waals surface area contributed by atoms with Crippen LogP contribution in [0.1, 0.15) is 32.6 Å². The van der Waals surface area contributed by atoms with Crippen LogP contribution in [0.5, 0.6) is 0 Å². The van der Waals surface area contributed by atoms with Gasteiger partial charge in [-0.25, -0.2) is 0 Å². The normalized spacial score (nSPS) is 28.2. The number of para-hydroxylation sites is 1. The molecule has 0 spiro atoms. The molecule has 19 heavy (non-hydrogen) atoms. The van der Waals surface area contributed by atoms with Gasteiger partial charge in [-0.2, -0.15) is 0 Å². The quantitative estimate of drug-likeness (QED) is 0.891. The molecule has 0 bridgehead atoms. The Hall–Kier alpha value is -1.02. The standard InChI is InChI=1S/C17H26N2/c1-14-10-16(18-11-15-6-5-7-15)13-19(12-14)17-8-3-2-4-9-17/h2-4,8-9,14-16,18H,5-7,10-13H2,1H3. The van der Waals surface area contributed by atoms with E-state index in [1.54, 1.807) is 0 Å². The molecule has 1 aliphatic carbocycles. The molecule has 2 atom stereocenters. The van der Waals surface area contributed by atoms with Gasteiger partial charge in [0.25, 0.3) is 0 Å². The van der Waals surface area contributed by atoms with Crippen LogP contribution in [0.2, 0.25) is 0 Å². The lowest BCUT2D eigenvalue weighted by Gasteiger charge is -2.39. The zero-order chi connectivity index (χ0) is 13.1. The summed E-state index contributed by atoms with van der Waals surface area (Å²) in [5.74, 6) is 1.75. The molecule has 0 aromatic heterocycles. The van der Waals surface area contributed by atoms with Gasteiger partial charge in [0.2, 0.25) is 0 Å². The Morgan fingerprint density at radius 3 is 2.63 bits per heavy atom. The highest BCUT2D eigenvalue weighted by Gasteiger charge is 2.26. The minimum Gasteiger partial charge on any atom is -0.370 e. The van der Waals surface area contributed by atoms with Crippen LogP contribution < -0.4 is 10.2 Å². The summed E-state index contributed by atoms with van der Waals surface area (Å²) in [6.45, 7) is 5.99. The third kappa shape index (κ3) is 3.30. The van der Waals surface area contributed by atoms with Crippen LogP contribution in [0.25, 0.3) is 0 Å². The van der Waals surface area contributed by atoms with Crippen LogP contribution in [0, 0.1) is 11.8 Å². The maximum absolute atomic E-state index is 3.81. The van der Waals surface area contributed by atoms with Crippen LogP contribution >= 0.6 is 0 Å². The third-order valence-corrected chi connectivity index (χ3v) is 4.70. The molecule has 2 unspecified atom stereocenters. The van der Waals surface area contributed by atoms with E-state index in [0.717, 1.165) is 11.8 Å². The van der Waals surface area contributed by atoms with Crippen LogP contribution in [0.4, 0.5) is 5.69 Å². The monoisotopic (exact) mass is 258 g/mol. The van der Waals surface area contributed by atoms with E-state index in [0.29, 0.717) is 6.04 Å². The Morgan fingerprint density at radius 1 is 1.16 bits per heavy atom. The fraction of sp³-hybridized carbons (Fsp3) is 0.647. The molecule has 1 N–H and O–H groups in total. The second-order valence-electron chi connectivity index (χ2n) is 6.48. The third-order valence-electron chi connectivity index (χ3n) is 4.70. The van der Waals surface area contributed by atoms with Gasteiger partial charge in [0, 0.05) is 24.8 Å². The van der Waals surface area contributed by atoms with Crippen molar-refractivity contribution >= 4 is 5.69 Å². The lowest BCUT2D eigenvalue weighted by molar-refractivity contribution is 0.268. The van der Waals surface area contributed by atoms with Crippen LogP contribution in [0.15, 0.2) is 30.3 Å². The summed E-state index contributed by atoms with van der Waals surface area (Å²) < 4.78 is 0. The van der Waals surface area contributed by atoms with Crippen LogP contribution in [-0.2, 0) is 0 Å². The van der Waals surface area contributed by atoms with E-state index in [2.05, 4.69) is 47.5 Å². The van der Waals surface area contributed by atoms with Crippen LogP contribution in [-0.4, -0.2) is 25.7 Å². The molecule has 1 aliphatic heterocycles. The summed E-state index contributed by atoms with van der Waals surface area (Å²) in [5.41, 5.74) is 1.38. The maximum Gasteiger partial charge on any atom is 0.0366 e. The van der Waals surface area contributed by atoms with E-state index in [4.69, 9.17) is 0 Å². The minimum absolute atomic E-state index is 0.671. The minimum atomic E-state index is 0.671. The average Bonchev–Trinajstić information content (AvgIpc) is 2.37. The van der Waals surface area contributed by atoms with Gasteiger partial charge in [0.05, 0.1) is 0 Å². The smallest absolute Gasteiger partial charge is 0.0366 e. The molecule has 2 nitrogen and oxygen atoms in total. The zero-order valence-corrected chi connectivity index (χ0v) is 12.0. The van der Waals surface area contributed by atoms with E-state index < -0.39 is 0 Å². The molecule has 0 radical (unpaired) electrons. The Kier molecular flexibility index (Phi) is 4.07. The van der Waals surface area contributed by atoms with Crippen molar-refractivity contribution in [3.8, 4) is 0 Å². The van der Waals surface area contributed by atoms with Gasteiger partial charge in [0.1, 0.15) is 0 Å². The molecule has 1 heterocycles. The summed E-state index contributed by atoms with van der Waals surface area (Å²) in [5, 5.41) is 3.81. The topological polar surface area (TPSA) is 15.3 Å². The second kappa shape index (κ2) is 5.96. The number of rotatable bonds is 4. The second-order valence-corrected chi connectivity index (χ2v) is 6.48. The Balaban J connectivity index is 1.57. The SMILES string of the molecule is CC1CC(NCC2CCC2)CN(c2ccccc2)C1. The number of benzene rings is 1. The van der Waals surface area contributed by atoms with Gasteiger partial charge in [-0.3, -0.25) is 0 Å². The number of nitrogens with zero attached hydrogens (tertiary/aromatic N) is 1. The first-order valence-electron chi connectivity index (χ1n) is 7.84. The first-order chi connectivity index (χ1) is 9.31. The molecule has 0 amide bonds. The predicted octanol–water partition coefficient (Wildman–Crippen LogP) is 3.29. The van der Waals surface area contributed by atoms with Gasteiger partial charge in [-0.15, -0.1) is 0 Å². The Labute approximate surface area is 117 Å². The molecular weight excluding hydrogens is 232 g/mol. The Morgan fingerprint density at radius 2 is 1.95 bits per heavy atom. The van der Waals surface area contributed by atoms with Gasteiger partial charge < -0.3 is 10.2 Å². The lowest BCUT2D eigenvalue weighted by Crippen LogP contribution is -2.50. The molecule has 1 aromatic rings. The van der Waals surface area contributed by atoms with E-state index in [9.17, 15) is 0 Å². The first-order valence-corrected chi connectivity index (χ1v) is 7.84. The first kappa shape index (κ1) is 13.0. The number of anilines is 1. The summed E-state index contributed by atoms with van der Waals surface area (Å²) in [7, 11) is 0. The van der Waals surface area contributed by atoms with Gasteiger partial charge in [0.15, 0.2) is 0 Å². The lowest BCUT2D eigenvalue weighted by atomic mass is 9.85. The van der Waals surface area contributed by atoms with Crippen molar-refractivity contribution in [1.29, 1.82) is 0 Å². The molecule has 2 heteroatoms. The van der Waals surface area contributed by atoms with Crippen molar-refractivity contribution in [3.05, 3.63) is 30.3 Å². The van der Waals surface area contributed by atoms with Gasteiger partial charge in [-0.1, -0.05) is 31.5 Å². The maximum atomic E-state index is 3.81. The van der Waals surface area contributed by atoms with Crippen LogP contribution in [0.3, 0.4) is 0 Å². The van der Waals surface area contributed by atoms with Gasteiger partial charge in [-0.05, 0) is 49.8 Å². The molecule has 1 aromatic carbocycles. The summed E-state index contributed by atoms with van der Waals surface area (Å²) >= 11 is 0. The van der Waals surface area contributed by atoms with E-state index in [1.165, 1.54) is 51.0 Å². The fourth-order valence-corrected chi connectivity index (χ4v) is 3.38. The predicted molar refractivity (Wildman–Crippen MR) is 81.6 cm³/mol. The van der Waals surface area contributed by atoms with Crippen molar-refractivity contribution in [2.24, 2.45) is 11.8 Å². The Bertz CT molecular complexity index is 386. The van der Waals surface area contributed by atoms with Crippen molar-refractivity contribution < 1.29 is 0 Å². The summed E-state index contributed by atoms with van der Waals surface area (Å²) in [6, 6.07) is 11.5. The summed E-state index contributed by atoms with van der Waals surface area (Å²) in [4.78, 5) is 2.55. The zero-order valence-electron chi connectivity index (χ0n) is 12.0. The highest BCUT2D eigenvalue weighted by Crippen LogP contribution is 2.27. The van der Waals surface area contributed by atoms with Gasteiger partial charge >= 0.3 is 0 Å². The molecule has 2 fully saturated rings. The molecule has 104 valence electrons. The van der Waals surface area contributed by atoms with Crippen molar-refractivity contribution in [3.63, 3.8) is 0 Å². The van der Waals surface area contributed by atoms with Crippen molar-refractivity contribution in [2.45, 2.75) is 38.6 Å². The van der Waals surface area contributed by atoms with Crippen molar-refractivity contribution in [2.75, 3.05) is 24.5 Å². The largest absolute Gasteiger partial charge is 0.370 e. The summed E-state index contributed by atoms with van der Waals surface area (Å²) in [6.07, 6.45) is 5.66. The number of nitrogens with one attached hydrogen (secondary N) is 1. The average molecular weight is 258 g/mol. The number of piperidine rings is 1. The van der Waals surface area contributed by atoms with E-state index in [1.807, 2.05) is 0 Å². The number of hydrogen-bond donors (Lipinski definition) is 1. The molecular formula is C17H26N2. The van der Waals surface area contributed by atoms with E-state index in [-0.39, 0.29) is 0 Å².